The monoisotopic (exact) mass is 356 g/mol. The van der Waals surface area contributed by atoms with Gasteiger partial charge in [0.25, 0.3) is 0 Å². The number of hydrogen-bond donors (Lipinski definition) is 1. The van der Waals surface area contributed by atoms with Crippen LogP contribution in [-0.4, -0.2) is 52.2 Å². The number of fused-ring (bicyclic) bond motifs is 1. The summed E-state index contributed by atoms with van der Waals surface area (Å²) in [6.07, 6.45) is 1.77. The topological polar surface area (TPSA) is 67.9 Å². The highest BCUT2D eigenvalue weighted by Crippen LogP contribution is 2.32. The Labute approximate surface area is 145 Å². The molecule has 1 aliphatic heterocycles. The van der Waals surface area contributed by atoms with E-state index in [2.05, 4.69) is 23.5 Å². The number of hydrogen-bond acceptors (Lipinski definition) is 5. The van der Waals surface area contributed by atoms with Crippen molar-refractivity contribution in [3.63, 3.8) is 0 Å². The number of rotatable bonds is 9. The van der Waals surface area contributed by atoms with Crippen molar-refractivity contribution >= 4 is 10.0 Å². The molecule has 0 amide bonds. The minimum absolute atomic E-state index is 0.112. The average Bonchev–Trinajstić information content (AvgIpc) is 2.58. The highest BCUT2D eigenvalue weighted by molar-refractivity contribution is 7.89. The van der Waals surface area contributed by atoms with Gasteiger partial charge in [-0.25, -0.2) is 13.1 Å². The van der Waals surface area contributed by atoms with Crippen LogP contribution in [0.5, 0.6) is 11.5 Å². The molecule has 0 spiro atoms. The van der Waals surface area contributed by atoms with E-state index in [1.54, 1.807) is 12.1 Å². The predicted molar refractivity (Wildman–Crippen MR) is 94.2 cm³/mol. The number of nitrogens with zero attached hydrogens (tertiary/aromatic N) is 1. The Morgan fingerprint density at radius 1 is 1.17 bits per heavy atom. The molecule has 1 aliphatic rings. The lowest BCUT2D eigenvalue weighted by atomic mass is 10.2. The Bertz CT molecular complexity index is 629. The van der Waals surface area contributed by atoms with Crippen molar-refractivity contribution in [1.29, 1.82) is 0 Å². The van der Waals surface area contributed by atoms with Crippen LogP contribution in [0.25, 0.3) is 0 Å². The van der Waals surface area contributed by atoms with Crippen molar-refractivity contribution in [3.05, 3.63) is 18.2 Å². The second-order valence-corrected chi connectivity index (χ2v) is 7.71. The largest absolute Gasteiger partial charge is 0.486 e. The fourth-order valence-electron chi connectivity index (χ4n) is 2.74. The second kappa shape index (κ2) is 8.69. The molecule has 1 atom stereocenters. The van der Waals surface area contributed by atoms with Gasteiger partial charge in [-0.05, 0) is 51.5 Å². The molecular formula is C17H28N2O4S. The Hall–Kier alpha value is -1.31. The maximum Gasteiger partial charge on any atom is 0.240 e. The van der Waals surface area contributed by atoms with E-state index in [1.807, 2.05) is 6.92 Å². The molecule has 0 aromatic heterocycles. The Balaban J connectivity index is 1.93. The minimum atomic E-state index is -3.55. The zero-order chi connectivity index (χ0) is 17.6. The van der Waals surface area contributed by atoms with E-state index in [-0.39, 0.29) is 10.9 Å². The van der Waals surface area contributed by atoms with Crippen molar-refractivity contribution < 1.29 is 17.9 Å². The number of sulfonamides is 1. The summed E-state index contributed by atoms with van der Waals surface area (Å²) in [5.74, 6) is 1.07. The number of nitrogens with one attached hydrogen (secondary N) is 1. The van der Waals surface area contributed by atoms with Gasteiger partial charge in [-0.15, -0.1) is 0 Å². The van der Waals surface area contributed by atoms with Gasteiger partial charge in [-0.1, -0.05) is 13.8 Å². The molecule has 7 heteroatoms. The zero-order valence-electron chi connectivity index (χ0n) is 14.7. The summed E-state index contributed by atoms with van der Waals surface area (Å²) < 4.78 is 38.7. The summed E-state index contributed by atoms with van der Waals surface area (Å²) in [5.41, 5.74) is 0. The lowest BCUT2D eigenvalue weighted by Gasteiger charge is -2.21. The second-order valence-electron chi connectivity index (χ2n) is 6.00. The molecule has 0 fully saturated rings. The molecule has 2 rings (SSSR count). The molecule has 0 aliphatic carbocycles. The van der Waals surface area contributed by atoms with E-state index in [0.29, 0.717) is 24.7 Å². The van der Waals surface area contributed by atoms with Crippen LogP contribution in [0.1, 0.15) is 33.6 Å². The van der Waals surface area contributed by atoms with Crippen molar-refractivity contribution in [1.82, 2.24) is 9.62 Å². The third-order valence-electron chi connectivity index (χ3n) is 4.19. The average molecular weight is 356 g/mol. The fourth-order valence-corrected chi connectivity index (χ4v) is 4.04. The standard InChI is InChI=1S/C17H28N2O4S/c1-4-19(5-2)10-6-7-14(3)18-24(20,21)15-8-9-16-17(13-15)23-12-11-22-16/h8-9,13-14,18H,4-7,10-12H2,1-3H3/t14-/m1/s1. The first-order valence-electron chi connectivity index (χ1n) is 8.60. The molecule has 1 heterocycles. The van der Waals surface area contributed by atoms with Crippen molar-refractivity contribution in [2.75, 3.05) is 32.8 Å². The first-order valence-corrected chi connectivity index (χ1v) is 10.1. The molecule has 1 aromatic carbocycles. The van der Waals surface area contributed by atoms with E-state index in [9.17, 15) is 8.42 Å². The third-order valence-corrected chi connectivity index (χ3v) is 5.77. The Kier molecular flexibility index (Phi) is 6.89. The predicted octanol–water partition coefficient (Wildman–Crippen LogP) is 2.25. The number of ether oxygens (including phenoxy) is 2. The maximum atomic E-state index is 12.5. The lowest BCUT2D eigenvalue weighted by molar-refractivity contribution is 0.171. The smallest absolute Gasteiger partial charge is 0.240 e. The fraction of sp³-hybridized carbons (Fsp3) is 0.647. The third kappa shape index (κ3) is 5.09. The SMILES string of the molecule is CCN(CC)CCC[C@@H](C)NS(=O)(=O)c1ccc2c(c1)OCCO2. The Morgan fingerprint density at radius 2 is 1.83 bits per heavy atom. The molecule has 6 nitrogen and oxygen atoms in total. The lowest BCUT2D eigenvalue weighted by Crippen LogP contribution is -2.33. The van der Waals surface area contributed by atoms with E-state index >= 15 is 0 Å². The summed E-state index contributed by atoms with van der Waals surface area (Å²) in [7, 11) is -3.55. The molecule has 24 heavy (non-hydrogen) atoms. The van der Waals surface area contributed by atoms with Crippen LogP contribution in [0, 0.1) is 0 Å². The molecule has 136 valence electrons. The van der Waals surface area contributed by atoms with Gasteiger partial charge in [0.1, 0.15) is 13.2 Å². The summed E-state index contributed by atoms with van der Waals surface area (Å²) in [4.78, 5) is 2.55. The van der Waals surface area contributed by atoms with Gasteiger partial charge in [0, 0.05) is 12.1 Å². The van der Waals surface area contributed by atoms with Gasteiger partial charge >= 0.3 is 0 Å². The van der Waals surface area contributed by atoms with Crippen molar-refractivity contribution in [2.45, 2.75) is 44.6 Å². The van der Waals surface area contributed by atoms with Gasteiger partial charge < -0.3 is 14.4 Å². The molecule has 0 saturated heterocycles. The normalized spacial score (nSPS) is 15.5. The Morgan fingerprint density at radius 3 is 2.50 bits per heavy atom. The van der Waals surface area contributed by atoms with Crippen LogP contribution < -0.4 is 14.2 Å². The minimum Gasteiger partial charge on any atom is -0.486 e. The summed E-state index contributed by atoms with van der Waals surface area (Å²) in [6.45, 7) is 10.1. The summed E-state index contributed by atoms with van der Waals surface area (Å²) >= 11 is 0. The van der Waals surface area contributed by atoms with Gasteiger partial charge in [-0.3, -0.25) is 0 Å². The first kappa shape index (κ1) is 19.0. The van der Waals surface area contributed by atoms with E-state index in [0.717, 1.165) is 32.5 Å². The highest BCUT2D eigenvalue weighted by Gasteiger charge is 2.21. The van der Waals surface area contributed by atoms with Gasteiger partial charge in [-0.2, -0.15) is 0 Å². The van der Waals surface area contributed by atoms with Crippen LogP contribution in [0.2, 0.25) is 0 Å². The molecule has 1 aromatic rings. The van der Waals surface area contributed by atoms with Crippen LogP contribution in [-0.2, 0) is 10.0 Å². The van der Waals surface area contributed by atoms with Crippen LogP contribution >= 0.6 is 0 Å². The van der Waals surface area contributed by atoms with Crippen molar-refractivity contribution in [3.8, 4) is 11.5 Å². The molecule has 0 bridgehead atoms. The van der Waals surface area contributed by atoms with E-state index in [4.69, 9.17) is 9.47 Å². The maximum absolute atomic E-state index is 12.5. The van der Waals surface area contributed by atoms with Crippen LogP contribution in [0.15, 0.2) is 23.1 Å². The molecule has 0 unspecified atom stereocenters. The van der Waals surface area contributed by atoms with E-state index < -0.39 is 10.0 Å². The van der Waals surface area contributed by atoms with Gasteiger partial charge in [0.05, 0.1) is 4.90 Å². The summed E-state index contributed by atoms with van der Waals surface area (Å²) in [5, 5.41) is 0. The molecule has 0 radical (unpaired) electrons. The van der Waals surface area contributed by atoms with Crippen LogP contribution in [0.4, 0.5) is 0 Å². The van der Waals surface area contributed by atoms with Crippen molar-refractivity contribution in [2.24, 2.45) is 0 Å². The zero-order valence-corrected chi connectivity index (χ0v) is 15.6. The van der Waals surface area contributed by atoms with Gasteiger partial charge in [0.15, 0.2) is 11.5 Å². The van der Waals surface area contributed by atoms with E-state index in [1.165, 1.54) is 6.07 Å². The quantitative estimate of drug-likeness (QED) is 0.735. The van der Waals surface area contributed by atoms with Crippen LogP contribution in [0.3, 0.4) is 0 Å². The molecular weight excluding hydrogens is 328 g/mol. The van der Waals surface area contributed by atoms with Gasteiger partial charge in [0.2, 0.25) is 10.0 Å². The first-order chi connectivity index (χ1) is 11.5. The number of benzene rings is 1. The molecule has 1 N–H and O–H groups in total. The summed E-state index contributed by atoms with van der Waals surface area (Å²) in [6, 6.07) is 4.62. The highest BCUT2D eigenvalue weighted by atomic mass is 32.2. The molecule has 0 saturated carbocycles.